The maximum absolute atomic E-state index is 12.4. The molecule has 0 aromatic carbocycles. The highest BCUT2D eigenvalue weighted by Gasteiger charge is 2.41. The van der Waals surface area contributed by atoms with Gasteiger partial charge in [0.2, 0.25) is 5.28 Å². The lowest BCUT2D eigenvalue weighted by atomic mass is 10.4. The maximum Gasteiger partial charge on any atom is 0.340 e. The van der Waals surface area contributed by atoms with Gasteiger partial charge in [-0.3, -0.25) is 0 Å². The largest absolute Gasteiger partial charge is 0.484 e. The van der Waals surface area contributed by atoms with Crippen molar-refractivity contribution in [2.75, 3.05) is 6.61 Å². The molecule has 15 heavy (non-hydrogen) atoms. The minimum Gasteiger partial charge on any atom is -0.484 e. The molecule has 0 atom stereocenters. The number of rotatable bonds is 4. The minimum absolute atomic E-state index is 0.0945. The summed E-state index contributed by atoms with van der Waals surface area (Å²) >= 11 is 5.31. The summed E-state index contributed by atoms with van der Waals surface area (Å²) in [6, 6.07) is 0. The lowest BCUT2D eigenvalue weighted by Gasteiger charge is -2.15. The summed E-state index contributed by atoms with van der Waals surface area (Å²) in [6.07, 6.45) is -1.75. The van der Waals surface area contributed by atoms with Gasteiger partial charge in [0.25, 0.3) is 0 Å². The van der Waals surface area contributed by atoms with Crippen molar-refractivity contribution in [1.82, 2.24) is 9.97 Å². The predicted octanol–water partition coefficient (Wildman–Crippen LogP) is 2.41. The fourth-order valence-electron chi connectivity index (χ4n) is 0.618. The van der Waals surface area contributed by atoms with Crippen molar-refractivity contribution in [2.45, 2.75) is 12.3 Å². The van der Waals surface area contributed by atoms with E-state index in [4.69, 9.17) is 11.6 Å². The Balaban J connectivity index is 2.54. The molecule has 0 aliphatic carbocycles. The molecular weight excluding hydrogens is 240 g/mol. The molecule has 3 nitrogen and oxygen atoms in total. The van der Waals surface area contributed by atoms with E-state index in [0.717, 1.165) is 12.4 Å². The Labute approximate surface area is 87.0 Å². The average Bonchev–Trinajstić information content (AvgIpc) is 2.17. The van der Waals surface area contributed by atoms with E-state index in [1.807, 2.05) is 0 Å². The lowest BCUT2D eigenvalue weighted by Crippen LogP contribution is -2.33. The molecule has 0 fully saturated rings. The smallest absolute Gasteiger partial charge is 0.340 e. The Bertz CT molecular complexity index is 319. The SMILES string of the molecule is FC(F)C(F)(F)COc1cnc(Cl)nc1. The number of hydrogen-bond donors (Lipinski definition) is 0. The summed E-state index contributed by atoms with van der Waals surface area (Å²) in [4.78, 5) is 6.84. The first-order valence-electron chi connectivity index (χ1n) is 3.68. The van der Waals surface area contributed by atoms with Crippen LogP contribution in [-0.4, -0.2) is 28.9 Å². The molecule has 0 N–H and O–H groups in total. The van der Waals surface area contributed by atoms with Crippen LogP contribution in [0.2, 0.25) is 5.28 Å². The van der Waals surface area contributed by atoms with E-state index < -0.39 is 19.0 Å². The molecule has 8 heteroatoms. The standard InChI is InChI=1S/C7H5ClF4N2O/c8-6-13-1-4(2-14-6)15-3-7(11,12)5(9)10/h1-2,5H,3H2. The van der Waals surface area contributed by atoms with Gasteiger partial charge in [-0.1, -0.05) is 0 Å². The normalized spacial score (nSPS) is 11.9. The summed E-state index contributed by atoms with van der Waals surface area (Å²) in [5.41, 5.74) is 0. The van der Waals surface area contributed by atoms with Crippen molar-refractivity contribution in [3.8, 4) is 5.75 Å². The fraction of sp³-hybridized carbons (Fsp3) is 0.429. The first kappa shape index (κ1) is 12.0. The van der Waals surface area contributed by atoms with Crippen molar-refractivity contribution in [3.63, 3.8) is 0 Å². The number of alkyl halides is 4. The molecule has 0 spiro atoms. The van der Waals surface area contributed by atoms with E-state index in [0.29, 0.717) is 0 Å². The van der Waals surface area contributed by atoms with Crippen LogP contribution in [0.3, 0.4) is 0 Å². The predicted molar refractivity (Wildman–Crippen MR) is 43.5 cm³/mol. The summed E-state index contributed by atoms with van der Waals surface area (Å²) < 4.78 is 52.5. The minimum atomic E-state index is -4.19. The first-order valence-corrected chi connectivity index (χ1v) is 4.06. The van der Waals surface area contributed by atoms with Gasteiger partial charge in [-0.15, -0.1) is 0 Å². The zero-order chi connectivity index (χ0) is 11.5. The molecule has 0 saturated carbocycles. The van der Waals surface area contributed by atoms with Crippen molar-refractivity contribution in [1.29, 1.82) is 0 Å². The number of nitrogens with zero attached hydrogens (tertiary/aromatic N) is 2. The molecule has 0 saturated heterocycles. The summed E-state index contributed by atoms with van der Waals surface area (Å²) in [5, 5.41) is -0.0945. The molecule has 84 valence electrons. The van der Waals surface area contributed by atoms with Gasteiger partial charge in [0.05, 0.1) is 12.4 Å². The molecule has 0 aliphatic rings. The second-order valence-electron chi connectivity index (χ2n) is 2.54. The second-order valence-corrected chi connectivity index (χ2v) is 2.88. The molecule has 0 amide bonds. The van der Waals surface area contributed by atoms with Crippen LogP contribution >= 0.6 is 11.6 Å². The van der Waals surface area contributed by atoms with Gasteiger partial charge < -0.3 is 4.74 Å². The van der Waals surface area contributed by atoms with Crippen molar-refractivity contribution < 1.29 is 22.3 Å². The number of halogens is 5. The molecular formula is C7H5ClF4N2O. The van der Waals surface area contributed by atoms with Gasteiger partial charge in [-0.25, -0.2) is 18.7 Å². The van der Waals surface area contributed by atoms with E-state index in [-0.39, 0.29) is 11.0 Å². The average molecular weight is 245 g/mol. The van der Waals surface area contributed by atoms with E-state index in [1.54, 1.807) is 0 Å². The topological polar surface area (TPSA) is 35.0 Å². The Morgan fingerprint density at radius 2 is 1.87 bits per heavy atom. The fourth-order valence-corrected chi connectivity index (χ4v) is 0.715. The van der Waals surface area contributed by atoms with E-state index in [2.05, 4.69) is 14.7 Å². The van der Waals surface area contributed by atoms with Crippen LogP contribution in [-0.2, 0) is 0 Å². The molecule has 1 heterocycles. The van der Waals surface area contributed by atoms with Crippen LogP contribution in [0.4, 0.5) is 17.6 Å². The summed E-state index contributed by atoms with van der Waals surface area (Å²) in [7, 11) is 0. The Kier molecular flexibility index (Phi) is 3.67. The van der Waals surface area contributed by atoms with Crippen LogP contribution in [0.5, 0.6) is 5.75 Å². The Morgan fingerprint density at radius 1 is 1.33 bits per heavy atom. The molecule has 1 rings (SSSR count). The third-order valence-electron chi connectivity index (χ3n) is 1.35. The zero-order valence-corrected chi connectivity index (χ0v) is 7.89. The zero-order valence-electron chi connectivity index (χ0n) is 7.13. The monoisotopic (exact) mass is 244 g/mol. The van der Waals surface area contributed by atoms with Gasteiger partial charge in [-0.05, 0) is 11.6 Å². The Hall–Kier alpha value is -1.11. The highest BCUT2D eigenvalue weighted by atomic mass is 35.5. The first-order chi connectivity index (χ1) is 6.92. The van der Waals surface area contributed by atoms with E-state index in [1.165, 1.54) is 0 Å². The maximum atomic E-state index is 12.4. The molecule has 0 radical (unpaired) electrons. The van der Waals surface area contributed by atoms with E-state index >= 15 is 0 Å². The third kappa shape index (κ3) is 3.50. The van der Waals surface area contributed by atoms with Crippen molar-refractivity contribution >= 4 is 11.6 Å². The van der Waals surface area contributed by atoms with Gasteiger partial charge in [-0.2, -0.15) is 8.78 Å². The molecule has 1 aromatic heterocycles. The van der Waals surface area contributed by atoms with Gasteiger partial charge in [0.15, 0.2) is 12.4 Å². The highest BCUT2D eigenvalue weighted by molar-refractivity contribution is 6.28. The summed E-state index contributed by atoms with van der Waals surface area (Å²) in [6.45, 7) is -1.43. The quantitative estimate of drug-likeness (QED) is 0.603. The Morgan fingerprint density at radius 3 is 2.33 bits per heavy atom. The van der Waals surface area contributed by atoms with E-state index in [9.17, 15) is 17.6 Å². The second kappa shape index (κ2) is 4.61. The molecule has 0 aliphatic heterocycles. The van der Waals surface area contributed by atoms with Crippen LogP contribution in [0.1, 0.15) is 0 Å². The highest BCUT2D eigenvalue weighted by Crippen LogP contribution is 2.23. The molecule has 0 unspecified atom stereocenters. The van der Waals surface area contributed by atoms with Crippen LogP contribution in [0, 0.1) is 0 Å². The molecule has 1 aromatic rings. The van der Waals surface area contributed by atoms with Crippen LogP contribution in [0.25, 0.3) is 0 Å². The van der Waals surface area contributed by atoms with Crippen molar-refractivity contribution in [2.24, 2.45) is 0 Å². The van der Waals surface area contributed by atoms with Gasteiger partial charge in [0.1, 0.15) is 0 Å². The molecule has 0 bridgehead atoms. The van der Waals surface area contributed by atoms with Crippen molar-refractivity contribution in [3.05, 3.63) is 17.7 Å². The van der Waals surface area contributed by atoms with Crippen LogP contribution < -0.4 is 4.74 Å². The third-order valence-corrected chi connectivity index (χ3v) is 1.54. The van der Waals surface area contributed by atoms with Gasteiger partial charge >= 0.3 is 12.3 Å². The number of ether oxygens (including phenoxy) is 1. The summed E-state index contributed by atoms with van der Waals surface area (Å²) in [5.74, 6) is -4.35. The lowest BCUT2D eigenvalue weighted by molar-refractivity contribution is -0.148. The van der Waals surface area contributed by atoms with Gasteiger partial charge in [0, 0.05) is 0 Å². The number of aromatic nitrogens is 2. The van der Waals surface area contributed by atoms with Crippen LogP contribution in [0.15, 0.2) is 12.4 Å². The number of hydrogen-bond acceptors (Lipinski definition) is 3.